The number of para-hydroxylation sites is 1. The van der Waals surface area contributed by atoms with Crippen LogP contribution in [0.4, 0.5) is 0 Å². The van der Waals surface area contributed by atoms with Crippen molar-refractivity contribution in [3.05, 3.63) is 41.5 Å². The highest BCUT2D eigenvalue weighted by molar-refractivity contribution is 5.76. The molecule has 1 N–H and O–H groups in total. The maximum absolute atomic E-state index is 12.7. The van der Waals surface area contributed by atoms with Gasteiger partial charge in [-0.25, -0.2) is 0 Å². The molecule has 1 fully saturated rings. The van der Waals surface area contributed by atoms with E-state index in [0.29, 0.717) is 13.0 Å². The van der Waals surface area contributed by atoms with Crippen molar-refractivity contribution >= 4 is 5.91 Å². The smallest absolute Gasteiger partial charge is 0.226 e. The summed E-state index contributed by atoms with van der Waals surface area (Å²) >= 11 is 0. The van der Waals surface area contributed by atoms with Crippen molar-refractivity contribution < 1.29 is 9.53 Å². The van der Waals surface area contributed by atoms with E-state index in [2.05, 4.69) is 20.1 Å². The Kier molecular flexibility index (Phi) is 5.38. The summed E-state index contributed by atoms with van der Waals surface area (Å²) in [5.41, 5.74) is 1.09. The van der Waals surface area contributed by atoms with E-state index in [4.69, 9.17) is 4.74 Å². The second kappa shape index (κ2) is 8.08. The summed E-state index contributed by atoms with van der Waals surface area (Å²) in [5.74, 6) is 3.34. The van der Waals surface area contributed by atoms with Crippen LogP contribution in [0.3, 0.4) is 0 Å². The maximum Gasteiger partial charge on any atom is 0.226 e. The minimum Gasteiger partial charge on any atom is -0.493 e. The summed E-state index contributed by atoms with van der Waals surface area (Å²) in [6.07, 6.45) is 2.48. The number of carbonyl (C=O) groups is 1. The number of hydrogen-bond acceptors (Lipinski definition) is 5. The highest BCUT2D eigenvalue weighted by Gasteiger charge is 2.29. The Morgan fingerprint density at radius 1 is 1.30 bits per heavy atom. The van der Waals surface area contributed by atoms with Crippen LogP contribution >= 0.6 is 0 Å². The van der Waals surface area contributed by atoms with Crippen molar-refractivity contribution in [2.24, 2.45) is 0 Å². The van der Waals surface area contributed by atoms with Crippen molar-refractivity contribution in [1.82, 2.24) is 25.0 Å². The zero-order chi connectivity index (χ0) is 18.6. The number of aryl methyl sites for hydroxylation is 1. The first-order valence-corrected chi connectivity index (χ1v) is 9.81. The number of amides is 1. The third-order valence-corrected chi connectivity index (χ3v) is 5.46. The van der Waals surface area contributed by atoms with Gasteiger partial charge in [-0.3, -0.25) is 4.79 Å². The average Bonchev–Trinajstić information content (AvgIpc) is 3.14. The van der Waals surface area contributed by atoms with Crippen LogP contribution < -0.4 is 10.1 Å². The maximum atomic E-state index is 12.7. The number of nitrogens with zero attached hydrogens (tertiary/aromatic N) is 4. The van der Waals surface area contributed by atoms with Gasteiger partial charge in [-0.15, -0.1) is 10.2 Å². The molecule has 7 heteroatoms. The highest BCUT2D eigenvalue weighted by Crippen LogP contribution is 2.27. The van der Waals surface area contributed by atoms with Crippen molar-refractivity contribution in [1.29, 1.82) is 0 Å². The second-order valence-electron chi connectivity index (χ2n) is 7.35. The molecule has 1 aromatic heterocycles. The molecule has 0 aliphatic carbocycles. The number of fused-ring (bicyclic) bond motifs is 1. The molecule has 1 atom stereocenters. The van der Waals surface area contributed by atoms with Crippen LogP contribution in [-0.4, -0.2) is 51.8 Å². The molecule has 4 rings (SSSR count). The van der Waals surface area contributed by atoms with Gasteiger partial charge in [0, 0.05) is 32.1 Å². The number of nitrogens with one attached hydrogen (secondary N) is 1. The quantitative estimate of drug-likeness (QED) is 0.871. The summed E-state index contributed by atoms with van der Waals surface area (Å²) in [4.78, 5) is 14.6. The lowest BCUT2D eigenvalue weighted by Crippen LogP contribution is -2.40. The molecule has 7 nitrogen and oxygen atoms in total. The van der Waals surface area contributed by atoms with E-state index in [1.165, 1.54) is 0 Å². The Bertz CT molecular complexity index is 803. The topological polar surface area (TPSA) is 72.3 Å². The molecular weight excluding hydrogens is 342 g/mol. The predicted molar refractivity (Wildman–Crippen MR) is 102 cm³/mol. The van der Waals surface area contributed by atoms with Gasteiger partial charge in [0.1, 0.15) is 17.4 Å². The Morgan fingerprint density at radius 3 is 3.07 bits per heavy atom. The molecular formula is C20H27N5O2. The van der Waals surface area contributed by atoms with E-state index in [-0.39, 0.29) is 11.8 Å². The molecule has 0 bridgehead atoms. The zero-order valence-electron chi connectivity index (χ0n) is 15.9. The van der Waals surface area contributed by atoms with Crippen molar-refractivity contribution in [3.8, 4) is 5.75 Å². The number of aromatic nitrogens is 3. The molecule has 1 aromatic carbocycles. The zero-order valence-corrected chi connectivity index (χ0v) is 15.9. The summed E-state index contributed by atoms with van der Waals surface area (Å²) in [7, 11) is 0. The molecule has 0 saturated carbocycles. The highest BCUT2D eigenvalue weighted by atomic mass is 16.5. The van der Waals surface area contributed by atoms with Gasteiger partial charge in [-0.05, 0) is 31.4 Å². The molecule has 2 aliphatic heterocycles. The van der Waals surface area contributed by atoms with Gasteiger partial charge in [0.2, 0.25) is 5.91 Å². The van der Waals surface area contributed by atoms with Crippen LogP contribution in [0, 0.1) is 6.92 Å². The molecule has 1 saturated heterocycles. The Morgan fingerprint density at radius 2 is 2.19 bits per heavy atom. The van der Waals surface area contributed by atoms with E-state index in [0.717, 1.165) is 68.5 Å². The van der Waals surface area contributed by atoms with Gasteiger partial charge in [0.15, 0.2) is 0 Å². The van der Waals surface area contributed by atoms with Crippen LogP contribution in [0.1, 0.15) is 42.4 Å². The minimum atomic E-state index is 0.160. The first-order valence-electron chi connectivity index (χ1n) is 9.81. The van der Waals surface area contributed by atoms with Crippen molar-refractivity contribution in [2.75, 3.05) is 26.2 Å². The molecule has 2 aliphatic rings. The number of likely N-dealkylation sites (tertiary alicyclic amines) is 1. The van der Waals surface area contributed by atoms with E-state index in [1.54, 1.807) is 0 Å². The number of piperidine rings is 1. The molecule has 27 heavy (non-hydrogen) atoms. The third kappa shape index (κ3) is 3.98. The van der Waals surface area contributed by atoms with Crippen molar-refractivity contribution in [2.45, 2.75) is 45.2 Å². The summed E-state index contributed by atoms with van der Waals surface area (Å²) in [6.45, 7) is 6.61. The van der Waals surface area contributed by atoms with Gasteiger partial charge in [-0.2, -0.15) is 0 Å². The van der Waals surface area contributed by atoms with Crippen LogP contribution in [0.25, 0.3) is 0 Å². The number of ether oxygens (including phenoxy) is 1. The second-order valence-corrected chi connectivity index (χ2v) is 7.35. The summed E-state index contributed by atoms with van der Waals surface area (Å²) < 4.78 is 8.02. The lowest BCUT2D eigenvalue weighted by atomic mass is 9.96. The first-order chi connectivity index (χ1) is 13.2. The lowest BCUT2D eigenvalue weighted by molar-refractivity contribution is -0.133. The largest absolute Gasteiger partial charge is 0.493 e. The van der Waals surface area contributed by atoms with E-state index >= 15 is 0 Å². The molecule has 1 unspecified atom stereocenters. The van der Waals surface area contributed by atoms with Crippen LogP contribution in [-0.2, 0) is 17.9 Å². The molecule has 3 heterocycles. The normalized spacial score (nSPS) is 19.6. The van der Waals surface area contributed by atoms with Gasteiger partial charge in [0.25, 0.3) is 0 Å². The minimum absolute atomic E-state index is 0.160. The molecule has 144 valence electrons. The van der Waals surface area contributed by atoms with Crippen LogP contribution in [0.2, 0.25) is 0 Å². The fourth-order valence-electron chi connectivity index (χ4n) is 3.96. The first kappa shape index (κ1) is 18.0. The Balaban J connectivity index is 1.33. The predicted octanol–water partition coefficient (Wildman–Crippen LogP) is 1.86. The fraction of sp³-hybridized carbons (Fsp3) is 0.550. The van der Waals surface area contributed by atoms with E-state index in [1.807, 2.05) is 36.1 Å². The number of carbonyl (C=O) groups excluding carboxylic acids is 1. The third-order valence-electron chi connectivity index (χ3n) is 5.46. The molecule has 2 aromatic rings. The standard InChI is InChI=1S/C20H27N5O2/c1-15-5-2-3-7-17(15)27-12-8-19(26)24-10-4-6-16(14-24)20-23-22-18-13-21-9-11-25(18)20/h2-3,5,7,16,21H,4,6,8-14H2,1H3. The van der Waals surface area contributed by atoms with Gasteiger partial charge < -0.3 is 19.5 Å². The molecule has 1 amide bonds. The summed E-state index contributed by atoms with van der Waals surface area (Å²) in [5, 5.41) is 12.1. The van der Waals surface area contributed by atoms with Crippen LogP contribution in [0.15, 0.2) is 24.3 Å². The van der Waals surface area contributed by atoms with E-state index < -0.39 is 0 Å². The Labute approximate surface area is 159 Å². The average molecular weight is 369 g/mol. The fourth-order valence-corrected chi connectivity index (χ4v) is 3.96. The van der Waals surface area contributed by atoms with Crippen molar-refractivity contribution in [3.63, 3.8) is 0 Å². The molecule has 0 radical (unpaired) electrons. The number of rotatable bonds is 5. The monoisotopic (exact) mass is 369 g/mol. The van der Waals surface area contributed by atoms with Gasteiger partial charge in [0.05, 0.1) is 19.6 Å². The van der Waals surface area contributed by atoms with E-state index in [9.17, 15) is 4.79 Å². The molecule has 0 spiro atoms. The van der Waals surface area contributed by atoms with Crippen LogP contribution in [0.5, 0.6) is 5.75 Å². The van der Waals surface area contributed by atoms with Gasteiger partial charge in [-0.1, -0.05) is 18.2 Å². The number of hydrogen-bond donors (Lipinski definition) is 1. The lowest BCUT2D eigenvalue weighted by Gasteiger charge is -2.33. The SMILES string of the molecule is Cc1ccccc1OCCC(=O)N1CCCC(c2nnc3n2CCNC3)C1. The number of benzene rings is 1. The van der Waals surface area contributed by atoms with Gasteiger partial charge >= 0.3 is 0 Å². The summed E-state index contributed by atoms with van der Waals surface area (Å²) in [6, 6.07) is 7.90. The Hall–Kier alpha value is -2.41.